The van der Waals surface area contributed by atoms with Gasteiger partial charge in [-0.15, -0.1) is 11.6 Å². The van der Waals surface area contributed by atoms with Gasteiger partial charge in [-0.05, 0) is 78.1 Å². The molecule has 41 heavy (non-hydrogen) atoms. The third-order valence-corrected chi connectivity index (χ3v) is 7.26. The molecular weight excluding hydrogens is 557 g/mol. The molecule has 0 aliphatic carbocycles. The molecule has 2 aromatic heterocycles. The van der Waals surface area contributed by atoms with Crippen LogP contribution >= 0.6 is 11.6 Å². The smallest absolute Gasteiger partial charge is 0.420 e. The number of halogens is 4. The van der Waals surface area contributed by atoms with Crippen LogP contribution < -0.4 is 11.1 Å². The molecular formula is C30H26ClF3N4O3. The number of pyridine rings is 1. The van der Waals surface area contributed by atoms with Crippen LogP contribution in [0.5, 0.6) is 0 Å². The first-order valence-corrected chi connectivity index (χ1v) is 13.4. The first kappa shape index (κ1) is 28.2. The number of benzene rings is 2. The van der Waals surface area contributed by atoms with Crippen molar-refractivity contribution >= 4 is 46.3 Å². The van der Waals surface area contributed by atoms with Gasteiger partial charge in [0.2, 0.25) is 5.91 Å². The Morgan fingerprint density at radius 3 is 2.46 bits per heavy atom. The van der Waals surface area contributed by atoms with Crippen molar-refractivity contribution in [2.75, 3.05) is 18.8 Å². The second-order valence-corrected chi connectivity index (χ2v) is 10.4. The number of anilines is 1. The van der Waals surface area contributed by atoms with E-state index in [1.807, 2.05) is 0 Å². The summed E-state index contributed by atoms with van der Waals surface area (Å²) < 4.78 is 47.6. The number of rotatable bonds is 6. The molecule has 0 saturated carbocycles. The maximum atomic E-state index is 14.0. The number of carbonyl (C=O) groups excluding carboxylic acids is 2. The Morgan fingerprint density at radius 2 is 1.80 bits per heavy atom. The number of nitrogens with zero attached hydrogens (tertiary/aromatic N) is 2. The lowest BCUT2D eigenvalue weighted by molar-refractivity contribution is -0.136. The van der Waals surface area contributed by atoms with E-state index in [4.69, 9.17) is 21.8 Å². The first-order valence-electron chi connectivity index (χ1n) is 12.9. The van der Waals surface area contributed by atoms with Gasteiger partial charge >= 0.3 is 6.18 Å². The number of carbonyl (C=O) groups is 2. The first-order chi connectivity index (χ1) is 19.6. The van der Waals surface area contributed by atoms with Crippen molar-refractivity contribution in [3.8, 4) is 11.1 Å². The SMILES string of the molecule is Nc1ccc(/C=C/C(=O)NCc2cc3cc(-c4ccc(C(=O)N5CCC(Cl)CC5)cc4)cc(C(F)(F)F)c3o2)cn1. The maximum absolute atomic E-state index is 14.0. The number of aromatic nitrogens is 1. The summed E-state index contributed by atoms with van der Waals surface area (Å²) in [7, 11) is 0. The van der Waals surface area contributed by atoms with Crippen LogP contribution in [0.3, 0.4) is 0 Å². The number of alkyl halides is 4. The number of nitrogens with two attached hydrogens (primary N) is 1. The van der Waals surface area contributed by atoms with Crippen LogP contribution in [0.4, 0.5) is 19.0 Å². The molecule has 1 aliphatic heterocycles. The highest BCUT2D eigenvalue weighted by Crippen LogP contribution is 2.39. The topological polar surface area (TPSA) is 101 Å². The third kappa shape index (κ3) is 6.71. The minimum atomic E-state index is -4.67. The Bertz CT molecular complexity index is 1590. The fourth-order valence-electron chi connectivity index (χ4n) is 4.63. The van der Waals surface area contributed by atoms with Crippen molar-refractivity contribution in [1.29, 1.82) is 0 Å². The van der Waals surface area contributed by atoms with Gasteiger partial charge in [-0.25, -0.2) is 4.98 Å². The highest BCUT2D eigenvalue weighted by molar-refractivity contribution is 6.20. The van der Waals surface area contributed by atoms with E-state index in [0.717, 1.165) is 18.9 Å². The van der Waals surface area contributed by atoms with Crippen molar-refractivity contribution in [2.45, 2.75) is 30.9 Å². The van der Waals surface area contributed by atoms with Gasteiger partial charge in [-0.1, -0.05) is 12.1 Å². The molecule has 5 rings (SSSR count). The van der Waals surface area contributed by atoms with E-state index in [-0.39, 0.29) is 34.6 Å². The van der Waals surface area contributed by atoms with E-state index in [1.54, 1.807) is 47.4 Å². The molecule has 0 spiro atoms. The zero-order valence-corrected chi connectivity index (χ0v) is 22.5. The van der Waals surface area contributed by atoms with E-state index in [9.17, 15) is 22.8 Å². The Labute approximate surface area is 238 Å². The fraction of sp³-hybridized carbons (Fsp3) is 0.233. The second kappa shape index (κ2) is 11.7. The summed E-state index contributed by atoms with van der Waals surface area (Å²) in [5, 5.41) is 2.91. The molecule has 3 heterocycles. The molecule has 0 unspecified atom stereocenters. The molecule has 0 bridgehead atoms. The summed E-state index contributed by atoms with van der Waals surface area (Å²) in [6.07, 6.45) is 1.09. The zero-order valence-electron chi connectivity index (χ0n) is 21.7. The standard InChI is InChI=1S/C30H26ClF3N4O3/c31-23-9-11-38(12-10-23)29(40)20-5-3-19(4-6-20)21-13-22-14-24(41-28(22)25(15-21)30(32,33)34)17-37-27(39)8-2-18-1-7-26(35)36-16-18/h1-8,13-16,23H,9-12,17H2,(H2,35,36)(H,37,39)/b8-2+. The monoisotopic (exact) mass is 582 g/mol. The quantitative estimate of drug-likeness (QED) is 0.206. The fourth-order valence-corrected chi connectivity index (χ4v) is 4.83. The predicted octanol–water partition coefficient (Wildman–Crippen LogP) is 6.27. The average molecular weight is 583 g/mol. The molecule has 1 aliphatic rings. The van der Waals surface area contributed by atoms with Crippen LogP contribution in [-0.4, -0.2) is 40.2 Å². The number of likely N-dealkylation sites (tertiary alicyclic amines) is 1. The maximum Gasteiger partial charge on any atom is 0.420 e. The molecule has 0 radical (unpaired) electrons. The largest absolute Gasteiger partial charge is 0.459 e. The van der Waals surface area contributed by atoms with E-state index >= 15 is 0 Å². The molecule has 0 atom stereocenters. The van der Waals surface area contributed by atoms with Gasteiger partial charge in [0.25, 0.3) is 5.91 Å². The molecule has 7 nitrogen and oxygen atoms in total. The second-order valence-electron chi connectivity index (χ2n) is 9.76. The van der Waals surface area contributed by atoms with E-state index in [2.05, 4.69) is 10.3 Å². The molecule has 1 saturated heterocycles. The number of nitrogens with one attached hydrogen (secondary N) is 1. The van der Waals surface area contributed by atoms with Gasteiger partial charge in [-0.2, -0.15) is 13.2 Å². The predicted molar refractivity (Wildman–Crippen MR) is 151 cm³/mol. The lowest BCUT2D eigenvalue weighted by atomic mass is 9.99. The zero-order chi connectivity index (χ0) is 29.1. The lowest BCUT2D eigenvalue weighted by Gasteiger charge is -2.29. The van der Waals surface area contributed by atoms with E-state index in [0.29, 0.717) is 41.2 Å². The van der Waals surface area contributed by atoms with Gasteiger partial charge in [0.15, 0.2) is 0 Å². The summed E-state index contributed by atoms with van der Waals surface area (Å²) in [5.74, 6) is -0.0717. The number of hydrogen-bond donors (Lipinski definition) is 2. The molecule has 1 fully saturated rings. The number of furan rings is 1. The summed E-state index contributed by atoms with van der Waals surface area (Å²) in [5.41, 5.74) is 6.26. The van der Waals surface area contributed by atoms with Crippen LogP contribution in [0.1, 0.15) is 40.1 Å². The molecule has 2 amide bonds. The van der Waals surface area contributed by atoms with Crippen molar-refractivity contribution in [3.63, 3.8) is 0 Å². The van der Waals surface area contributed by atoms with E-state index < -0.39 is 17.6 Å². The summed E-state index contributed by atoms with van der Waals surface area (Å²) in [6.45, 7) is 1.03. The normalized spacial score (nSPS) is 14.6. The van der Waals surface area contributed by atoms with Crippen LogP contribution in [-0.2, 0) is 17.5 Å². The Kier molecular flexibility index (Phi) is 8.03. The molecule has 212 valence electrons. The molecule has 4 aromatic rings. The van der Waals surface area contributed by atoms with Gasteiger partial charge in [-0.3, -0.25) is 9.59 Å². The minimum Gasteiger partial charge on any atom is -0.459 e. The third-order valence-electron chi connectivity index (χ3n) is 6.82. The molecule has 2 aromatic carbocycles. The van der Waals surface area contributed by atoms with Crippen molar-refractivity contribution in [2.24, 2.45) is 0 Å². The Balaban J connectivity index is 1.34. The van der Waals surface area contributed by atoms with Gasteiger partial charge in [0.1, 0.15) is 17.2 Å². The van der Waals surface area contributed by atoms with Crippen LogP contribution in [0.15, 0.2) is 71.3 Å². The summed E-state index contributed by atoms with van der Waals surface area (Å²) in [4.78, 5) is 30.7. The average Bonchev–Trinajstić information content (AvgIpc) is 3.38. The van der Waals surface area contributed by atoms with Gasteiger partial charge in [0, 0.05) is 41.7 Å². The van der Waals surface area contributed by atoms with Crippen molar-refractivity contribution < 1.29 is 27.2 Å². The minimum absolute atomic E-state index is 0.0637. The number of fused-ring (bicyclic) bond motifs is 1. The van der Waals surface area contributed by atoms with Crippen LogP contribution in [0, 0.1) is 0 Å². The number of piperidine rings is 1. The number of amides is 2. The Morgan fingerprint density at radius 1 is 1.07 bits per heavy atom. The van der Waals surface area contributed by atoms with E-state index in [1.165, 1.54) is 24.4 Å². The molecule has 11 heteroatoms. The van der Waals surface area contributed by atoms with Gasteiger partial charge in [0.05, 0.1) is 12.1 Å². The number of hydrogen-bond acceptors (Lipinski definition) is 5. The van der Waals surface area contributed by atoms with Crippen molar-refractivity contribution in [3.05, 3.63) is 89.3 Å². The summed E-state index contributed by atoms with van der Waals surface area (Å²) >= 11 is 6.13. The van der Waals surface area contributed by atoms with Crippen molar-refractivity contribution in [1.82, 2.24) is 15.2 Å². The highest BCUT2D eigenvalue weighted by atomic mass is 35.5. The summed E-state index contributed by atoms with van der Waals surface area (Å²) in [6, 6.07) is 13.9. The lowest BCUT2D eigenvalue weighted by Crippen LogP contribution is -2.38. The van der Waals surface area contributed by atoms with Crippen LogP contribution in [0.2, 0.25) is 0 Å². The molecule has 3 N–H and O–H groups in total. The Hall–Kier alpha value is -4.31. The number of nitrogen functional groups attached to an aromatic ring is 1. The highest BCUT2D eigenvalue weighted by Gasteiger charge is 2.35. The van der Waals surface area contributed by atoms with Crippen LogP contribution in [0.25, 0.3) is 28.2 Å². The van der Waals surface area contributed by atoms with Gasteiger partial charge < -0.3 is 20.4 Å².